The highest BCUT2D eigenvalue weighted by molar-refractivity contribution is 5.69. The Kier molecular flexibility index (Phi) is 10.7. The Morgan fingerprint density at radius 1 is 0.900 bits per heavy atom. The topological polar surface area (TPSA) is 26.3 Å². The van der Waals surface area contributed by atoms with Crippen molar-refractivity contribution >= 4 is 5.97 Å². The summed E-state index contributed by atoms with van der Waals surface area (Å²) >= 11 is 0. The molecule has 1 aliphatic carbocycles. The molecule has 118 valence electrons. The first-order valence-electron chi connectivity index (χ1n) is 8.98. The first-order valence-corrected chi connectivity index (χ1v) is 8.98. The highest BCUT2D eigenvalue weighted by Gasteiger charge is 2.20. The summed E-state index contributed by atoms with van der Waals surface area (Å²) in [6.45, 7) is 2.89. The molecule has 0 radical (unpaired) electrons. The highest BCUT2D eigenvalue weighted by Crippen LogP contribution is 2.33. The number of hydrogen-bond acceptors (Lipinski definition) is 2. The summed E-state index contributed by atoms with van der Waals surface area (Å²) in [4.78, 5) is 11.5. The van der Waals surface area contributed by atoms with Gasteiger partial charge >= 0.3 is 5.97 Å². The molecule has 0 N–H and O–H groups in total. The third kappa shape index (κ3) is 11.3. The van der Waals surface area contributed by atoms with Crippen molar-refractivity contribution in [3.8, 4) is 0 Å². The largest absolute Gasteiger partial charge is 0.466 e. The zero-order chi connectivity index (χ0) is 14.5. The van der Waals surface area contributed by atoms with Crippen molar-refractivity contribution in [2.45, 2.75) is 96.8 Å². The second kappa shape index (κ2) is 12.2. The molecule has 0 aromatic carbocycles. The normalized spacial score (nSPS) is 14.4. The van der Waals surface area contributed by atoms with Crippen LogP contribution in [0.3, 0.4) is 0 Å². The first kappa shape index (κ1) is 17.5. The predicted octanol–water partition coefficient (Wildman–Crippen LogP) is 5.64. The van der Waals surface area contributed by atoms with Crippen molar-refractivity contribution in [1.82, 2.24) is 0 Å². The van der Waals surface area contributed by atoms with E-state index in [2.05, 4.69) is 6.92 Å². The van der Waals surface area contributed by atoms with Gasteiger partial charge in [0.05, 0.1) is 6.61 Å². The minimum absolute atomic E-state index is 0.0174. The van der Waals surface area contributed by atoms with Gasteiger partial charge in [-0.3, -0.25) is 4.79 Å². The minimum Gasteiger partial charge on any atom is -0.466 e. The van der Waals surface area contributed by atoms with Gasteiger partial charge in [-0.2, -0.15) is 0 Å². The number of hydrogen-bond donors (Lipinski definition) is 0. The van der Waals surface area contributed by atoms with Crippen molar-refractivity contribution in [3.63, 3.8) is 0 Å². The quantitative estimate of drug-likeness (QED) is 0.304. The number of ether oxygens (including phenoxy) is 1. The van der Waals surface area contributed by atoms with E-state index in [1.54, 1.807) is 0 Å². The van der Waals surface area contributed by atoms with Gasteiger partial charge in [-0.15, -0.1) is 0 Å². The molecule has 0 amide bonds. The fourth-order valence-corrected chi connectivity index (χ4v) is 2.60. The average Bonchev–Trinajstić information content (AvgIpc) is 3.26. The van der Waals surface area contributed by atoms with Gasteiger partial charge in [-0.05, 0) is 18.8 Å². The molecule has 0 saturated heterocycles. The van der Waals surface area contributed by atoms with E-state index in [0.717, 1.165) is 18.8 Å². The van der Waals surface area contributed by atoms with Gasteiger partial charge in [0.2, 0.25) is 0 Å². The van der Waals surface area contributed by atoms with Gasteiger partial charge in [-0.1, -0.05) is 77.6 Å². The molecule has 0 aliphatic heterocycles. The number of unbranched alkanes of at least 4 members (excludes halogenated alkanes) is 8. The number of carbonyl (C=O) groups excluding carboxylic acids is 1. The Morgan fingerprint density at radius 3 is 2.20 bits per heavy atom. The summed E-state index contributed by atoms with van der Waals surface area (Å²) in [6.07, 6.45) is 17.3. The van der Waals surface area contributed by atoms with Crippen LogP contribution in [-0.2, 0) is 9.53 Å². The van der Waals surface area contributed by atoms with E-state index in [0.29, 0.717) is 13.0 Å². The molecule has 0 aromatic heterocycles. The Hall–Kier alpha value is -0.530. The molecule has 20 heavy (non-hydrogen) atoms. The molecule has 0 aromatic rings. The maximum atomic E-state index is 11.5. The van der Waals surface area contributed by atoms with E-state index >= 15 is 0 Å². The number of rotatable bonds is 14. The van der Waals surface area contributed by atoms with Crippen molar-refractivity contribution in [3.05, 3.63) is 0 Å². The Bertz CT molecular complexity index is 234. The van der Waals surface area contributed by atoms with Crippen molar-refractivity contribution in [1.29, 1.82) is 0 Å². The van der Waals surface area contributed by atoms with Crippen molar-refractivity contribution in [2.75, 3.05) is 6.61 Å². The summed E-state index contributed by atoms with van der Waals surface area (Å²) in [6, 6.07) is 0. The first-order chi connectivity index (χ1) is 9.83. The number of esters is 1. The molecule has 0 spiro atoms. The van der Waals surface area contributed by atoms with E-state index in [9.17, 15) is 4.79 Å². The molecule has 0 heterocycles. The second-order valence-corrected chi connectivity index (χ2v) is 6.38. The van der Waals surface area contributed by atoms with Crippen LogP contribution in [0.2, 0.25) is 0 Å². The van der Waals surface area contributed by atoms with Crippen LogP contribution in [-0.4, -0.2) is 12.6 Å². The van der Waals surface area contributed by atoms with Gasteiger partial charge in [0.1, 0.15) is 0 Å². The van der Waals surface area contributed by atoms with E-state index in [4.69, 9.17) is 4.74 Å². The molecular weight excluding hydrogens is 248 g/mol. The van der Waals surface area contributed by atoms with E-state index < -0.39 is 0 Å². The van der Waals surface area contributed by atoms with E-state index in [-0.39, 0.29) is 5.97 Å². The molecule has 0 bridgehead atoms. The van der Waals surface area contributed by atoms with Crippen LogP contribution in [0.5, 0.6) is 0 Å². The van der Waals surface area contributed by atoms with Gasteiger partial charge in [0.15, 0.2) is 0 Å². The lowest BCUT2D eigenvalue weighted by molar-refractivity contribution is -0.143. The molecule has 1 aliphatic rings. The van der Waals surface area contributed by atoms with Crippen LogP contribution >= 0.6 is 0 Å². The monoisotopic (exact) mass is 282 g/mol. The lowest BCUT2D eigenvalue weighted by Crippen LogP contribution is -2.05. The Balaban J connectivity index is 1.72. The SMILES string of the molecule is CCCCCCCCCCOC(=O)CCCCC1CC1. The summed E-state index contributed by atoms with van der Waals surface area (Å²) in [5.41, 5.74) is 0. The van der Waals surface area contributed by atoms with Crippen LogP contribution in [0.1, 0.15) is 96.8 Å². The zero-order valence-corrected chi connectivity index (χ0v) is 13.5. The molecule has 1 saturated carbocycles. The minimum atomic E-state index is 0.0174. The standard InChI is InChI=1S/C18H34O2/c1-2-3-4-5-6-7-8-11-16-20-18(19)13-10-9-12-17-14-15-17/h17H,2-16H2,1H3. The third-order valence-corrected chi connectivity index (χ3v) is 4.20. The molecule has 2 nitrogen and oxygen atoms in total. The molecular formula is C18H34O2. The maximum Gasteiger partial charge on any atom is 0.305 e. The molecule has 0 unspecified atom stereocenters. The van der Waals surface area contributed by atoms with Crippen LogP contribution in [0.15, 0.2) is 0 Å². The predicted molar refractivity (Wildman–Crippen MR) is 84.8 cm³/mol. The summed E-state index contributed by atoms with van der Waals surface area (Å²) in [7, 11) is 0. The van der Waals surface area contributed by atoms with Crippen molar-refractivity contribution in [2.24, 2.45) is 5.92 Å². The molecule has 2 heteroatoms. The lowest BCUT2D eigenvalue weighted by Gasteiger charge is -2.05. The highest BCUT2D eigenvalue weighted by atomic mass is 16.5. The Morgan fingerprint density at radius 2 is 1.55 bits per heavy atom. The molecule has 1 rings (SSSR count). The zero-order valence-electron chi connectivity index (χ0n) is 13.5. The summed E-state index contributed by atoms with van der Waals surface area (Å²) < 4.78 is 5.27. The maximum absolute atomic E-state index is 11.5. The van der Waals surface area contributed by atoms with Gasteiger partial charge in [0.25, 0.3) is 0 Å². The third-order valence-electron chi connectivity index (χ3n) is 4.20. The fraction of sp³-hybridized carbons (Fsp3) is 0.944. The smallest absolute Gasteiger partial charge is 0.305 e. The Labute approximate surface area is 125 Å². The van der Waals surface area contributed by atoms with Crippen LogP contribution in [0, 0.1) is 5.92 Å². The number of carbonyl (C=O) groups is 1. The van der Waals surface area contributed by atoms with Gasteiger partial charge in [-0.25, -0.2) is 0 Å². The summed E-state index contributed by atoms with van der Waals surface area (Å²) in [5, 5.41) is 0. The average molecular weight is 282 g/mol. The summed E-state index contributed by atoms with van der Waals surface area (Å²) in [5.74, 6) is 1.01. The lowest BCUT2D eigenvalue weighted by atomic mass is 10.1. The van der Waals surface area contributed by atoms with Gasteiger partial charge in [0, 0.05) is 6.42 Å². The van der Waals surface area contributed by atoms with E-state index in [1.807, 2.05) is 0 Å². The van der Waals surface area contributed by atoms with E-state index in [1.165, 1.54) is 70.6 Å². The van der Waals surface area contributed by atoms with Crippen LogP contribution in [0.25, 0.3) is 0 Å². The van der Waals surface area contributed by atoms with Crippen LogP contribution < -0.4 is 0 Å². The second-order valence-electron chi connectivity index (χ2n) is 6.38. The fourth-order valence-electron chi connectivity index (χ4n) is 2.60. The molecule has 0 atom stereocenters. The van der Waals surface area contributed by atoms with Gasteiger partial charge < -0.3 is 4.74 Å². The van der Waals surface area contributed by atoms with Crippen molar-refractivity contribution < 1.29 is 9.53 Å². The molecule has 1 fully saturated rings. The van der Waals surface area contributed by atoms with Crippen LogP contribution in [0.4, 0.5) is 0 Å².